The number of ether oxygens (including phenoxy) is 1. The lowest BCUT2D eigenvalue weighted by molar-refractivity contribution is -0.137. The summed E-state index contributed by atoms with van der Waals surface area (Å²) in [5.41, 5.74) is 1.50. The van der Waals surface area contributed by atoms with Crippen LogP contribution in [0, 0.1) is 5.82 Å². The Balaban J connectivity index is 1.81. The Hall–Kier alpha value is -3.95. The van der Waals surface area contributed by atoms with E-state index in [0.29, 0.717) is 16.9 Å². The smallest absolute Gasteiger partial charge is 0.434 e. The molecular weight excluding hydrogens is 397 g/mol. The highest BCUT2D eigenvalue weighted by atomic mass is 19.1. The second-order valence-electron chi connectivity index (χ2n) is 6.40. The van der Waals surface area contributed by atoms with E-state index in [-0.39, 0.29) is 12.0 Å². The van der Waals surface area contributed by atoms with Gasteiger partial charge in [-0.15, -0.1) is 5.10 Å². The topological polar surface area (TPSA) is 135 Å². The van der Waals surface area contributed by atoms with Crippen LogP contribution >= 0.6 is 0 Å². The molecule has 0 unspecified atom stereocenters. The van der Waals surface area contributed by atoms with Crippen LogP contribution in [0.15, 0.2) is 51.7 Å². The number of para-hydroxylation sites is 1. The summed E-state index contributed by atoms with van der Waals surface area (Å²) < 4.78 is 24.6. The summed E-state index contributed by atoms with van der Waals surface area (Å²) >= 11 is 0. The number of hydrogen-bond acceptors (Lipinski definition) is 6. The lowest BCUT2D eigenvalue weighted by Gasteiger charge is -2.17. The Labute approximate surface area is 169 Å². The van der Waals surface area contributed by atoms with Crippen molar-refractivity contribution in [3.63, 3.8) is 0 Å². The molecule has 0 saturated carbocycles. The summed E-state index contributed by atoms with van der Waals surface area (Å²) in [6.45, 7) is 0. The predicted octanol–water partition coefficient (Wildman–Crippen LogP) is 1.99. The highest BCUT2D eigenvalue weighted by molar-refractivity contribution is 5.89. The molecule has 1 amide bonds. The Bertz CT molecular complexity index is 1120. The number of rotatable bonds is 8. The summed E-state index contributed by atoms with van der Waals surface area (Å²) in [6.07, 6.45) is -0.557. The second-order valence-corrected chi connectivity index (χ2v) is 6.40. The van der Waals surface area contributed by atoms with E-state index < -0.39 is 41.8 Å². The van der Waals surface area contributed by atoms with E-state index in [2.05, 4.69) is 14.8 Å². The van der Waals surface area contributed by atoms with Crippen LogP contribution in [0.5, 0.6) is 5.75 Å². The molecule has 10 heteroatoms. The average molecular weight is 415 g/mol. The van der Waals surface area contributed by atoms with E-state index in [1.807, 2.05) is 5.10 Å². The highest BCUT2D eigenvalue weighted by Gasteiger charge is 2.22. The first-order chi connectivity index (χ1) is 14.4. The molecule has 0 radical (unpaired) electrons. The number of aromatic nitrogens is 2. The first-order valence-corrected chi connectivity index (χ1v) is 8.87. The van der Waals surface area contributed by atoms with E-state index >= 15 is 0 Å². The van der Waals surface area contributed by atoms with Gasteiger partial charge in [0.1, 0.15) is 11.6 Å². The minimum absolute atomic E-state index is 0.0925. The summed E-state index contributed by atoms with van der Waals surface area (Å²) in [5.74, 6) is -3.51. The minimum Gasteiger partial charge on any atom is -0.496 e. The van der Waals surface area contributed by atoms with Gasteiger partial charge in [0.05, 0.1) is 13.5 Å². The van der Waals surface area contributed by atoms with Crippen LogP contribution in [0.25, 0.3) is 11.1 Å². The number of aliphatic carboxylic acids is 1. The lowest BCUT2D eigenvalue weighted by atomic mass is 9.98. The van der Waals surface area contributed by atoms with Gasteiger partial charge < -0.3 is 19.6 Å². The van der Waals surface area contributed by atoms with Crippen molar-refractivity contribution in [2.45, 2.75) is 18.9 Å². The summed E-state index contributed by atoms with van der Waals surface area (Å²) in [5, 5.41) is 16.8. The van der Waals surface area contributed by atoms with Crippen LogP contribution in [0.1, 0.15) is 22.7 Å². The zero-order valence-corrected chi connectivity index (χ0v) is 15.8. The van der Waals surface area contributed by atoms with Crippen molar-refractivity contribution in [3.8, 4) is 16.9 Å². The molecule has 2 aromatic carbocycles. The number of carbonyl (C=O) groups is 2. The number of H-pyrrole nitrogens is 1. The third-order valence-corrected chi connectivity index (χ3v) is 4.33. The number of aromatic amines is 1. The number of halogens is 1. The van der Waals surface area contributed by atoms with Gasteiger partial charge in [-0.25, -0.2) is 14.3 Å². The fraction of sp³-hybridized carbons (Fsp3) is 0.200. The quantitative estimate of drug-likeness (QED) is 0.512. The van der Waals surface area contributed by atoms with Crippen molar-refractivity contribution in [1.29, 1.82) is 0 Å². The van der Waals surface area contributed by atoms with Crippen LogP contribution in [0.2, 0.25) is 0 Å². The van der Waals surface area contributed by atoms with Gasteiger partial charge in [-0.05, 0) is 29.7 Å². The largest absolute Gasteiger partial charge is 0.496 e. The van der Waals surface area contributed by atoms with Crippen LogP contribution < -0.4 is 15.8 Å². The van der Waals surface area contributed by atoms with Gasteiger partial charge in [-0.1, -0.05) is 30.3 Å². The Morgan fingerprint density at radius 1 is 1.30 bits per heavy atom. The predicted molar refractivity (Wildman–Crippen MR) is 103 cm³/mol. The SMILES string of the molecule is COc1ccccc1-c1ccc(C[C@H](CC(=O)O)NC(=O)c2n[nH]c(=O)o2)c(F)c1. The molecule has 0 fully saturated rings. The number of carboxylic acids is 1. The normalized spacial score (nSPS) is 11.7. The molecule has 0 aliphatic heterocycles. The fourth-order valence-electron chi connectivity index (χ4n) is 2.99. The Morgan fingerprint density at radius 3 is 2.70 bits per heavy atom. The van der Waals surface area contributed by atoms with Crippen LogP contribution in [-0.4, -0.2) is 40.3 Å². The zero-order valence-electron chi connectivity index (χ0n) is 15.8. The number of methoxy groups -OCH3 is 1. The summed E-state index contributed by atoms with van der Waals surface area (Å²) in [7, 11) is 1.52. The van der Waals surface area contributed by atoms with Gasteiger partial charge in [0.2, 0.25) is 0 Å². The van der Waals surface area contributed by atoms with Gasteiger partial charge in [-0.2, -0.15) is 0 Å². The molecule has 0 saturated heterocycles. The first-order valence-electron chi connectivity index (χ1n) is 8.87. The Kier molecular flexibility index (Phi) is 6.26. The molecule has 3 aromatic rings. The maximum absolute atomic E-state index is 14.8. The van der Waals surface area contributed by atoms with Gasteiger partial charge in [0, 0.05) is 11.6 Å². The van der Waals surface area contributed by atoms with Crippen molar-refractivity contribution < 1.29 is 28.2 Å². The fourth-order valence-corrected chi connectivity index (χ4v) is 2.99. The first kappa shape index (κ1) is 20.8. The summed E-state index contributed by atoms with van der Waals surface area (Å²) in [4.78, 5) is 34.2. The molecule has 30 heavy (non-hydrogen) atoms. The number of nitrogens with one attached hydrogen (secondary N) is 2. The third-order valence-electron chi connectivity index (χ3n) is 4.33. The molecule has 3 rings (SSSR count). The number of nitrogens with zero attached hydrogens (tertiary/aromatic N) is 1. The number of amides is 1. The van der Waals surface area contributed by atoms with Gasteiger partial charge >= 0.3 is 23.5 Å². The number of benzene rings is 2. The minimum atomic E-state index is -1.19. The molecule has 0 aliphatic carbocycles. The molecule has 1 aromatic heterocycles. The molecule has 0 spiro atoms. The van der Waals surface area contributed by atoms with E-state index in [1.165, 1.54) is 19.2 Å². The lowest BCUT2D eigenvalue weighted by Crippen LogP contribution is -2.38. The zero-order chi connectivity index (χ0) is 21.7. The molecule has 1 heterocycles. The van der Waals surface area contributed by atoms with Crippen molar-refractivity contribution in [2.24, 2.45) is 0 Å². The molecule has 0 bridgehead atoms. The monoisotopic (exact) mass is 415 g/mol. The maximum Gasteiger partial charge on any atom is 0.434 e. The van der Waals surface area contributed by atoms with Crippen molar-refractivity contribution in [3.05, 3.63) is 70.3 Å². The van der Waals surface area contributed by atoms with Crippen molar-refractivity contribution in [2.75, 3.05) is 7.11 Å². The number of carbonyl (C=O) groups excluding carboxylic acids is 1. The Morgan fingerprint density at radius 2 is 2.07 bits per heavy atom. The van der Waals surface area contributed by atoms with Crippen LogP contribution in [-0.2, 0) is 11.2 Å². The molecule has 1 atom stereocenters. The molecule has 0 aliphatic rings. The molecule has 3 N–H and O–H groups in total. The molecule has 9 nitrogen and oxygen atoms in total. The van der Waals surface area contributed by atoms with Crippen molar-refractivity contribution in [1.82, 2.24) is 15.5 Å². The van der Waals surface area contributed by atoms with Gasteiger partial charge in [0.15, 0.2) is 0 Å². The molecular formula is C20H18FN3O6. The number of carboxylic acid groups (broad SMARTS) is 1. The van der Waals surface area contributed by atoms with Crippen LogP contribution in [0.4, 0.5) is 4.39 Å². The molecule has 156 valence electrons. The van der Waals surface area contributed by atoms with E-state index in [4.69, 9.17) is 9.84 Å². The van der Waals surface area contributed by atoms with E-state index in [9.17, 15) is 18.8 Å². The average Bonchev–Trinajstić information content (AvgIpc) is 3.15. The second kappa shape index (κ2) is 9.03. The van der Waals surface area contributed by atoms with Gasteiger partial charge in [0.25, 0.3) is 0 Å². The van der Waals surface area contributed by atoms with E-state index in [0.717, 1.165) is 0 Å². The third kappa shape index (κ3) is 4.90. The maximum atomic E-state index is 14.8. The highest BCUT2D eigenvalue weighted by Crippen LogP contribution is 2.30. The van der Waals surface area contributed by atoms with Crippen molar-refractivity contribution >= 4 is 11.9 Å². The van der Waals surface area contributed by atoms with Crippen LogP contribution in [0.3, 0.4) is 0 Å². The standard InChI is InChI=1S/C20H18FN3O6/c1-29-16-5-3-2-4-14(16)11-6-7-12(15(21)9-11)8-13(10-17(25)26)22-18(27)19-23-24-20(28)30-19/h2-7,9,13H,8,10H2,1H3,(H,22,27)(H,24,28)(H,25,26)/t13-/m1/s1. The van der Waals surface area contributed by atoms with E-state index in [1.54, 1.807) is 30.3 Å². The van der Waals surface area contributed by atoms with Gasteiger partial charge in [-0.3, -0.25) is 9.59 Å². The number of hydrogen-bond donors (Lipinski definition) is 3. The summed E-state index contributed by atoms with van der Waals surface area (Å²) in [6, 6.07) is 10.7.